The highest BCUT2D eigenvalue weighted by Crippen LogP contribution is 2.03. The maximum absolute atomic E-state index is 11.3. The lowest BCUT2D eigenvalue weighted by Crippen LogP contribution is -2.20. The number of hydrogen-bond donors (Lipinski definition) is 0. The number of hydrogen-bond acceptors (Lipinski definition) is 6. The monoisotopic (exact) mass is 244 g/mol. The minimum Gasteiger partial charge on any atom is -0.497 e. The fourth-order valence-electron chi connectivity index (χ4n) is 0.776. The summed E-state index contributed by atoms with van der Waals surface area (Å²) < 4.78 is 14.1. The van der Waals surface area contributed by atoms with Crippen molar-refractivity contribution in [2.75, 3.05) is 13.2 Å². The average molecular weight is 244 g/mol. The van der Waals surface area contributed by atoms with E-state index >= 15 is 0 Å². The molecule has 0 aromatic carbocycles. The zero-order chi connectivity index (χ0) is 13.3. The van der Waals surface area contributed by atoms with E-state index in [1.54, 1.807) is 13.8 Å². The van der Waals surface area contributed by atoms with Crippen molar-refractivity contribution in [2.45, 2.75) is 27.2 Å². The van der Waals surface area contributed by atoms with Gasteiger partial charge in [-0.15, -0.1) is 0 Å². The fourth-order valence-corrected chi connectivity index (χ4v) is 0.776. The molecule has 0 aliphatic rings. The topological polar surface area (TPSA) is 78.9 Å². The van der Waals surface area contributed by atoms with Crippen molar-refractivity contribution in [3.05, 3.63) is 12.0 Å². The molecule has 0 spiro atoms. The minimum atomic E-state index is -1.11. The van der Waals surface area contributed by atoms with Crippen LogP contribution in [0, 0.1) is 0 Å². The molecular weight excluding hydrogens is 228 g/mol. The van der Waals surface area contributed by atoms with Gasteiger partial charge in [0, 0.05) is 6.42 Å². The summed E-state index contributed by atoms with van der Waals surface area (Å²) in [4.78, 5) is 33.5. The van der Waals surface area contributed by atoms with Gasteiger partial charge in [-0.1, -0.05) is 6.92 Å². The average Bonchev–Trinajstić information content (AvgIpc) is 2.33. The van der Waals surface area contributed by atoms with E-state index in [1.807, 2.05) is 0 Å². The Balaban J connectivity index is 4.65. The van der Waals surface area contributed by atoms with Crippen LogP contribution in [-0.4, -0.2) is 30.9 Å². The minimum absolute atomic E-state index is 0.00355. The summed E-state index contributed by atoms with van der Waals surface area (Å²) in [6.45, 7) is 5.23. The maximum Gasteiger partial charge on any atom is 0.380 e. The van der Waals surface area contributed by atoms with Gasteiger partial charge < -0.3 is 14.2 Å². The number of Topliss-reactive ketones (excluding diaryl/α,β-unsaturated/α-hetero) is 1. The lowest BCUT2D eigenvalue weighted by Gasteiger charge is -2.06. The predicted molar refractivity (Wildman–Crippen MR) is 57.7 cm³/mol. The van der Waals surface area contributed by atoms with E-state index in [1.165, 1.54) is 6.92 Å². The summed E-state index contributed by atoms with van der Waals surface area (Å²) in [5.41, 5.74) is 0. The molecule has 0 aromatic heterocycles. The Morgan fingerprint density at radius 3 is 2.12 bits per heavy atom. The molecule has 0 aromatic rings. The van der Waals surface area contributed by atoms with Crippen LogP contribution in [0.3, 0.4) is 0 Å². The Kier molecular flexibility index (Phi) is 7.41. The molecule has 0 aliphatic carbocycles. The molecule has 0 rings (SSSR count). The molecule has 0 aliphatic heterocycles. The molecule has 0 heterocycles. The van der Waals surface area contributed by atoms with E-state index in [0.29, 0.717) is 6.61 Å². The van der Waals surface area contributed by atoms with Gasteiger partial charge in [0.15, 0.2) is 0 Å². The Morgan fingerprint density at radius 1 is 1.00 bits per heavy atom. The molecule has 0 amide bonds. The Hall–Kier alpha value is -1.85. The van der Waals surface area contributed by atoms with E-state index in [-0.39, 0.29) is 13.0 Å². The van der Waals surface area contributed by atoms with Crippen molar-refractivity contribution in [3.63, 3.8) is 0 Å². The fraction of sp³-hybridized carbons (Fsp3) is 0.545. The summed E-state index contributed by atoms with van der Waals surface area (Å²) >= 11 is 0. The highest BCUT2D eigenvalue weighted by atomic mass is 16.6. The smallest absolute Gasteiger partial charge is 0.380 e. The van der Waals surface area contributed by atoms with E-state index in [9.17, 15) is 14.4 Å². The van der Waals surface area contributed by atoms with Gasteiger partial charge in [-0.25, -0.2) is 9.59 Å². The van der Waals surface area contributed by atoms with Gasteiger partial charge in [0.1, 0.15) is 6.26 Å². The third kappa shape index (κ3) is 5.70. The van der Waals surface area contributed by atoms with Crippen LogP contribution in [-0.2, 0) is 28.6 Å². The van der Waals surface area contributed by atoms with Crippen LogP contribution >= 0.6 is 0 Å². The van der Waals surface area contributed by atoms with E-state index in [0.717, 1.165) is 6.26 Å². The van der Waals surface area contributed by atoms with Crippen LogP contribution in [0.5, 0.6) is 0 Å². The largest absolute Gasteiger partial charge is 0.497 e. The maximum atomic E-state index is 11.3. The van der Waals surface area contributed by atoms with Gasteiger partial charge in [-0.05, 0) is 13.8 Å². The first-order chi connectivity index (χ1) is 8.06. The first-order valence-electron chi connectivity index (χ1n) is 5.30. The van der Waals surface area contributed by atoms with E-state index in [4.69, 9.17) is 4.74 Å². The second kappa shape index (κ2) is 8.32. The number of ether oxygens (including phenoxy) is 3. The second-order valence-electron chi connectivity index (χ2n) is 2.82. The van der Waals surface area contributed by atoms with Crippen LogP contribution < -0.4 is 0 Å². The van der Waals surface area contributed by atoms with Crippen molar-refractivity contribution < 1.29 is 28.6 Å². The summed E-state index contributed by atoms with van der Waals surface area (Å²) in [6.07, 6.45) is 0.961. The third-order valence-electron chi connectivity index (χ3n) is 1.59. The number of carbonyl (C=O) groups excluding carboxylic acids is 3. The van der Waals surface area contributed by atoms with Crippen molar-refractivity contribution >= 4 is 17.7 Å². The molecule has 0 saturated carbocycles. The highest BCUT2D eigenvalue weighted by molar-refractivity contribution is 6.34. The number of rotatable bonds is 7. The standard InChI is InChI=1S/C11H16O6/c1-4-8(12)10(13)17-9(7-15-5-2)11(14)16-6-3/h7H,4-6H2,1-3H3/b9-7+. The molecular formula is C11H16O6. The molecule has 0 saturated heterocycles. The summed E-state index contributed by atoms with van der Waals surface area (Å²) in [7, 11) is 0. The lowest BCUT2D eigenvalue weighted by molar-refractivity contribution is -0.156. The summed E-state index contributed by atoms with van der Waals surface area (Å²) in [5.74, 6) is -3.11. The zero-order valence-electron chi connectivity index (χ0n) is 10.1. The third-order valence-corrected chi connectivity index (χ3v) is 1.59. The summed E-state index contributed by atoms with van der Waals surface area (Å²) in [6, 6.07) is 0. The van der Waals surface area contributed by atoms with Gasteiger partial charge in [-0.2, -0.15) is 0 Å². The number of esters is 2. The van der Waals surface area contributed by atoms with E-state index in [2.05, 4.69) is 9.47 Å². The van der Waals surface area contributed by atoms with Crippen LogP contribution in [0.15, 0.2) is 12.0 Å². The highest BCUT2D eigenvalue weighted by Gasteiger charge is 2.21. The van der Waals surface area contributed by atoms with Crippen LogP contribution in [0.25, 0.3) is 0 Å². The van der Waals surface area contributed by atoms with Crippen molar-refractivity contribution in [3.8, 4) is 0 Å². The molecule has 17 heavy (non-hydrogen) atoms. The van der Waals surface area contributed by atoms with Gasteiger partial charge in [0.25, 0.3) is 0 Å². The summed E-state index contributed by atoms with van der Waals surface area (Å²) in [5, 5.41) is 0. The second-order valence-corrected chi connectivity index (χ2v) is 2.82. The van der Waals surface area contributed by atoms with Crippen LogP contribution in [0.2, 0.25) is 0 Å². The molecule has 0 N–H and O–H groups in total. The van der Waals surface area contributed by atoms with Gasteiger partial charge in [-0.3, -0.25) is 4.79 Å². The zero-order valence-corrected chi connectivity index (χ0v) is 10.1. The van der Waals surface area contributed by atoms with E-state index < -0.39 is 23.5 Å². The van der Waals surface area contributed by atoms with Crippen LogP contribution in [0.4, 0.5) is 0 Å². The molecule has 0 unspecified atom stereocenters. The van der Waals surface area contributed by atoms with Crippen molar-refractivity contribution in [1.82, 2.24) is 0 Å². The molecule has 0 atom stereocenters. The lowest BCUT2D eigenvalue weighted by atomic mass is 10.3. The molecule has 0 bridgehead atoms. The normalized spacial score (nSPS) is 10.6. The molecule has 0 radical (unpaired) electrons. The van der Waals surface area contributed by atoms with Crippen LogP contribution in [0.1, 0.15) is 27.2 Å². The Bertz CT molecular complexity index is 318. The first kappa shape index (κ1) is 15.2. The van der Waals surface area contributed by atoms with Gasteiger partial charge in [0.05, 0.1) is 13.2 Å². The molecule has 6 heteroatoms. The Morgan fingerprint density at radius 2 is 1.65 bits per heavy atom. The van der Waals surface area contributed by atoms with Crippen molar-refractivity contribution in [1.29, 1.82) is 0 Å². The SMILES string of the molecule is CCO/C=C(/OC(=O)C(=O)CC)C(=O)OCC. The first-order valence-corrected chi connectivity index (χ1v) is 5.30. The molecule has 96 valence electrons. The quantitative estimate of drug-likeness (QED) is 0.287. The Labute approximate surface area is 99.5 Å². The molecule has 6 nitrogen and oxygen atoms in total. The predicted octanol–water partition coefficient (Wildman–Crippen LogP) is 0.950. The molecule has 0 fully saturated rings. The number of ketones is 1. The van der Waals surface area contributed by atoms with Gasteiger partial charge in [0.2, 0.25) is 11.5 Å². The number of carbonyl (C=O) groups is 3. The van der Waals surface area contributed by atoms with Crippen molar-refractivity contribution in [2.24, 2.45) is 0 Å². The van der Waals surface area contributed by atoms with Gasteiger partial charge >= 0.3 is 11.9 Å².